The fraction of sp³-hybridized carbons (Fsp3) is 0.667. The molecule has 1 atom stereocenters. The highest BCUT2D eigenvalue weighted by Crippen LogP contribution is 2.20. The number of hydrogen-bond acceptors (Lipinski definition) is 3. The molecule has 0 saturated carbocycles. The van der Waals surface area contributed by atoms with Gasteiger partial charge in [0.2, 0.25) is 0 Å². The van der Waals surface area contributed by atoms with Crippen molar-refractivity contribution in [2.45, 2.75) is 45.2 Å². The molecule has 0 radical (unpaired) electrons. The molecule has 116 valence electrons. The Labute approximate surface area is 129 Å². The van der Waals surface area contributed by atoms with Crippen LogP contribution in [0.15, 0.2) is 24.3 Å². The molecule has 2 aliphatic rings. The molecule has 0 amide bonds. The van der Waals surface area contributed by atoms with Crippen LogP contribution in [0.2, 0.25) is 0 Å². The van der Waals surface area contributed by atoms with E-state index in [1.165, 1.54) is 69.7 Å². The largest absolute Gasteiger partial charge is 0.372 e. The lowest BCUT2D eigenvalue weighted by molar-refractivity contribution is 0.298. The first-order chi connectivity index (χ1) is 10.3. The Morgan fingerprint density at radius 1 is 0.952 bits per heavy atom. The van der Waals surface area contributed by atoms with Gasteiger partial charge in [-0.3, -0.25) is 0 Å². The van der Waals surface area contributed by atoms with E-state index in [1.807, 2.05) is 0 Å². The fourth-order valence-corrected chi connectivity index (χ4v) is 3.51. The van der Waals surface area contributed by atoms with Gasteiger partial charge in [-0.2, -0.15) is 0 Å². The number of rotatable bonds is 6. The third kappa shape index (κ3) is 4.21. The van der Waals surface area contributed by atoms with E-state index in [2.05, 4.69) is 46.3 Å². The lowest BCUT2D eigenvalue weighted by atomic mass is 10.2. The third-order valence-corrected chi connectivity index (χ3v) is 4.79. The zero-order valence-corrected chi connectivity index (χ0v) is 13.4. The normalized spacial score (nSPS) is 21.1. The molecule has 2 heterocycles. The molecule has 0 spiro atoms. The van der Waals surface area contributed by atoms with E-state index in [4.69, 9.17) is 0 Å². The number of benzene rings is 1. The maximum absolute atomic E-state index is 3.66. The van der Waals surface area contributed by atoms with Crippen molar-refractivity contribution in [3.63, 3.8) is 0 Å². The number of nitrogens with zero attached hydrogens (tertiary/aromatic N) is 2. The Kier molecular flexibility index (Phi) is 5.15. The number of anilines is 1. The van der Waals surface area contributed by atoms with Gasteiger partial charge in [0.1, 0.15) is 0 Å². The summed E-state index contributed by atoms with van der Waals surface area (Å²) < 4.78 is 0. The highest BCUT2D eigenvalue weighted by Gasteiger charge is 2.14. The minimum atomic E-state index is 0.571. The predicted molar refractivity (Wildman–Crippen MR) is 89.9 cm³/mol. The molecule has 0 aromatic heterocycles. The highest BCUT2D eigenvalue weighted by atomic mass is 15.2. The van der Waals surface area contributed by atoms with Gasteiger partial charge >= 0.3 is 0 Å². The Bertz CT molecular complexity index is 417. The summed E-state index contributed by atoms with van der Waals surface area (Å²) in [5.41, 5.74) is 2.78. The lowest BCUT2D eigenvalue weighted by Gasteiger charge is -2.21. The first-order valence-electron chi connectivity index (χ1n) is 8.61. The zero-order valence-electron chi connectivity index (χ0n) is 13.4. The standard InChI is InChI=1S/C18H29N3/c1-16(15-20-10-2-3-11-20)19-14-17-6-8-18(9-7-17)21-12-4-5-13-21/h6-9,16,19H,2-5,10-15H2,1H3. The molecule has 3 rings (SSSR count). The number of hydrogen-bond donors (Lipinski definition) is 1. The van der Waals surface area contributed by atoms with Crippen LogP contribution in [0.5, 0.6) is 0 Å². The maximum atomic E-state index is 3.66. The van der Waals surface area contributed by atoms with Crippen LogP contribution >= 0.6 is 0 Å². The molecule has 1 unspecified atom stereocenters. The van der Waals surface area contributed by atoms with Crippen molar-refractivity contribution in [3.05, 3.63) is 29.8 Å². The first-order valence-corrected chi connectivity index (χ1v) is 8.61. The van der Waals surface area contributed by atoms with Crippen LogP contribution in [0.1, 0.15) is 38.2 Å². The maximum Gasteiger partial charge on any atom is 0.0366 e. The summed E-state index contributed by atoms with van der Waals surface area (Å²) in [5, 5.41) is 3.66. The molecular formula is C18H29N3. The van der Waals surface area contributed by atoms with Gasteiger partial charge in [-0.15, -0.1) is 0 Å². The summed E-state index contributed by atoms with van der Waals surface area (Å²) in [6.07, 6.45) is 5.45. The van der Waals surface area contributed by atoms with Crippen molar-refractivity contribution in [1.82, 2.24) is 10.2 Å². The molecule has 0 bridgehead atoms. The second-order valence-electron chi connectivity index (χ2n) is 6.65. The minimum absolute atomic E-state index is 0.571. The summed E-state index contributed by atoms with van der Waals surface area (Å²) in [7, 11) is 0. The van der Waals surface area contributed by atoms with Gasteiger partial charge in [-0.1, -0.05) is 12.1 Å². The third-order valence-electron chi connectivity index (χ3n) is 4.79. The Balaban J connectivity index is 1.44. The average Bonchev–Trinajstić information content (AvgIpc) is 3.19. The fourth-order valence-electron chi connectivity index (χ4n) is 3.51. The van der Waals surface area contributed by atoms with E-state index >= 15 is 0 Å². The zero-order chi connectivity index (χ0) is 14.5. The predicted octanol–water partition coefficient (Wildman–Crippen LogP) is 2.86. The Hall–Kier alpha value is -1.06. The monoisotopic (exact) mass is 287 g/mol. The second kappa shape index (κ2) is 7.28. The SMILES string of the molecule is CC(CN1CCCC1)NCc1ccc(N2CCCC2)cc1. The first kappa shape index (κ1) is 14.9. The van der Waals surface area contributed by atoms with Gasteiger partial charge in [0.25, 0.3) is 0 Å². The van der Waals surface area contributed by atoms with Crippen molar-refractivity contribution < 1.29 is 0 Å². The summed E-state index contributed by atoms with van der Waals surface area (Å²) in [6.45, 7) is 9.50. The van der Waals surface area contributed by atoms with Crippen molar-refractivity contribution in [1.29, 1.82) is 0 Å². The number of nitrogens with one attached hydrogen (secondary N) is 1. The van der Waals surface area contributed by atoms with Crippen molar-refractivity contribution in [3.8, 4) is 0 Å². The Morgan fingerprint density at radius 3 is 2.24 bits per heavy atom. The summed E-state index contributed by atoms with van der Waals surface area (Å²) in [4.78, 5) is 5.07. The van der Waals surface area contributed by atoms with Crippen molar-refractivity contribution >= 4 is 5.69 Å². The number of likely N-dealkylation sites (tertiary alicyclic amines) is 1. The van der Waals surface area contributed by atoms with Gasteiger partial charge in [0.15, 0.2) is 0 Å². The van der Waals surface area contributed by atoms with Gasteiger partial charge in [0.05, 0.1) is 0 Å². The van der Waals surface area contributed by atoms with E-state index in [9.17, 15) is 0 Å². The minimum Gasteiger partial charge on any atom is -0.372 e. The van der Waals surface area contributed by atoms with E-state index in [1.54, 1.807) is 0 Å². The molecule has 2 fully saturated rings. The van der Waals surface area contributed by atoms with Crippen LogP contribution in [0.25, 0.3) is 0 Å². The smallest absolute Gasteiger partial charge is 0.0366 e. The Morgan fingerprint density at radius 2 is 1.57 bits per heavy atom. The van der Waals surface area contributed by atoms with Crippen LogP contribution < -0.4 is 10.2 Å². The van der Waals surface area contributed by atoms with E-state index in [0.29, 0.717) is 6.04 Å². The molecular weight excluding hydrogens is 258 g/mol. The molecule has 3 heteroatoms. The van der Waals surface area contributed by atoms with Crippen molar-refractivity contribution in [2.75, 3.05) is 37.6 Å². The molecule has 3 nitrogen and oxygen atoms in total. The van der Waals surface area contributed by atoms with Gasteiger partial charge < -0.3 is 15.1 Å². The summed E-state index contributed by atoms with van der Waals surface area (Å²) in [6, 6.07) is 9.70. The topological polar surface area (TPSA) is 18.5 Å². The van der Waals surface area contributed by atoms with E-state index in [0.717, 1.165) is 6.54 Å². The van der Waals surface area contributed by atoms with Crippen LogP contribution in [-0.4, -0.2) is 43.7 Å². The molecule has 1 aromatic rings. The second-order valence-corrected chi connectivity index (χ2v) is 6.65. The van der Waals surface area contributed by atoms with Crippen LogP contribution in [0, 0.1) is 0 Å². The van der Waals surface area contributed by atoms with Crippen LogP contribution in [-0.2, 0) is 6.54 Å². The summed E-state index contributed by atoms with van der Waals surface area (Å²) >= 11 is 0. The van der Waals surface area contributed by atoms with Gasteiger partial charge in [-0.05, 0) is 63.4 Å². The lowest BCUT2D eigenvalue weighted by Crippen LogP contribution is -2.37. The van der Waals surface area contributed by atoms with E-state index < -0.39 is 0 Å². The van der Waals surface area contributed by atoms with Gasteiger partial charge in [0, 0.05) is 37.9 Å². The molecule has 2 saturated heterocycles. The van der Waals surface area contributed by atoms with Crippen molar-refractivity contribution in [2.24, 2.45) is 0 Å². The summed E-state index contributed by atoms with van der Waals surface area (Å²) in [5.74, 6) is 0. The van der Waals surface area contributed by atoms with Gasteiger partial charge in [-0.25, -0.2) is 0 Å². The molecule has 0 aliphatic carbocycles. The quantitative estimate of drug-likeness (QED) is 0.868. The molecule has 1 N–H and O–H groups in total. The van der Waals surface area contributed by atoms with E-state index in [-0.39, 0.29) is 0 Å². The average molecular weight is 287 g/mol. The molecule has 2 aliphatic heterocycles. The van der Waals surface area contributed by atoms with Crippen LogP contribution in [0.3, 0.4) is 0 Å². The van der Waals surface area contributed by atoms with Crippen LogP contribution in [0.4, 0.5) is 5.69 Å². The molecule has 21 heavy (non-hydrogen) atoms. The molecule has 1 aromatic carbocycles. The highest BCUT2D eigenvalue weighted by molar-refractivity contribution is 5.48.